The second-order valence-electron chi connectivity index (χ2n) is 5.62. The highest BCUT2D eigenvalue weighted by atomic mass is 16.5. The number of hydrogen-bond donors (Lipinski definition) is 1. The molecule has 0 aliphatic rings. The predicted octanol–water partition coefficient (Wildman–Crippen LogP) is 3.17. The number of carbonyl (C=O) groups is 2. The molecule has 2 aromatic rings. The second-order valence-corrected chi connectivity index (χ2v) is 5.62. The molecule has 0 aromatic heterocycles. The van der Waals surface area contributed by atoms with E-state index in [0.29, 0.717) is 5.56 Å². The van der Waals surface area contributed by atoms with Crippen LogP contribution in [0.15, 0.2) is 54.6 Å². The molecule has 5 heteroatoms. The van der Waals surface area contributed by atoms with Crippen molar-refractivity contribution < 1.29 is 19.4 Å². The number of phenolic OH excluding ortho intramolecular Hbond substituents is 1. The zero-order chi connectivity index (χ0) is 17.9. The lowest BCUT2D eigenvalue weighted by atomic mass is 10.0. The maximum Gasteiger partial charge on any atom is 0.338 e. The van der Waals surface area contributed by atoms with Crippen LogP contribution in [0.1, 0.15) is 22.8 Å². The van der Waals surface area contributed by atoms with Crippen molar-refractivity contribution in [3.63, 3.8) is 0 Å². The number of benzene rings is 2. The Balaban J connectivity index is 2.38. The first-order chi connectivity index (χ1) is 11.3. The summed E-state index contributed by atoms with van der Waals surface area (Å²) in [4.78, 5) is 26.4. The molecule has 0 heterocycles. The van der Waals surface area contributed by atoms with Gasteiger partial charge in [-0.05, 0) is 43.3 Å². The van der Waals surface area contributed by atoms with E-state index >= 15 is 0 Å². The summed E-state index contributed by atoms with van der Waals surface area (Å²) in [5.74, 6) is -1.05. The monoisotopic (exact) mass is 325 g/mol. The van der Waals surface area contributed by atoms with E-state index in [-0.39, 0.29) is 28.4 Å². The van der Waals surface area contributed by atoms with Crippen molar-refractivity contribution in [3.05, 3.63) is 65.7 Å². The number of aromatic hydroxyl groups is 1. The lowest BCUT2D eigenvalue weighted by Gasteiger charge is -2.13. The third-order valence-electron chi connectivity index (χ3n) is 3.41. The fourth-order valence-corrected chi connectivity index (χ4v) is 2.04. The lowest BCUT2D eigenvalue weighted by Crippen LogP contribution is -2.12. The van der Waals surface area contributed by atoms with E-state index in [9.17, 15) is 14.7 Å². The van der Waals surface area contributed by atoms with Crippen molar-refractivity contribution in [1.29, 1.82) is 0 Å². The van der Waals surface area contributed by atoms with Crippen molar-refractivity contribution in [2.45, 2.75) is 6.92 Å². The number of ketones is 1. The number of nitrogens with zero attached hydrogens (tertiary/aromatic N) is 1. The number of carbonyl (C=O) groups excluding carboxylic acids is 2. The summed E-state index contributed by atoms with van der Waals surface area (Å²) >= 11 is 0. The van der Waals surface area contributed by atoms with Crippen LogP contribution in [0.4, 0.5) is 5.69 Å². The average Bonchev–Trinajstić information content (AvgIpc) is 2.54. The maximum absolute atomic E-state index is 12.7. The largest absolute Gasteiger partial charge is 0.508 e. The Morgan fingerprint density at radius 3 is 2.25 bits per heavy atom. The van der Waals surface area contributed by atoms with E-state index in [2.05, 4.69) is 6.58 Å². The molecule has 0 saturated carbocycles. The van der Waals surface area contributed by atoms with Gasteiger partial charge in [-0.3, -0.25) is 4.79 Å². The maximum atomic E-state index is 12.7. The van der Waals surface area contributed by atoms with Gasteiger partial charge in [-0.1, -0.05) is 6.58 Å². The zero-order valence-corrected chi connectivity index (χ0v) is 13.9. The Morgan fingerprint density at radius 1 is 1.08 bits per heavy atom. The van der Waals surface area contributed by atoms with E-state index in [4.69, 9.17) is 4.74 Å². The van der Waals surface area contributed by atoms with Gasteiger partial charge in [0.2, 0.25) is 0 Å². The van der Waals surface area contributed by atoms with E-state index in [0.717, 1.165) is 5.69 Å². The molecule has 0 amide bonds. The van der Waals surface area contributed by atoms with Crippen molar-refractivity contribution >= 4 is 17.4 Å². The van der Waals surface area contributed by atoms with Crippen molar-refractivity contribution in [3.8, 4) is 11.5 Å². The fraction of sp³-hybridized carbons (Fsp3) is 0.158. The minimum atomic E-state index is -0.655. The summed E-state index contributed by atoms with van der Waals surface area (Å²) < 4.78 is 5.16. The van der Waals surface area contributed by atoms with E-state index < -0.39 is 5.97 Å². The smallest absolute Gasteiger partial charge is 0.338 e. The van der Waals surface area contributed by atoms with Gasteiger partial charge in [-0.2, -0.15) is 0 Å². The molecule has 24 heavy (non-hydrogen) atoms. The van der Waals surface area contributed by atoms with Crippen LogP contribution in [0, 0.1) is 0 Å². The van der Waals surface area contributed by atoms with Gasteiger partial charge in [0.15, 0.2) is 5.78 Å². The lowest BCUT2D eigenvalue weighted by molar-refractivity contribution is -0.130. The van der Waals surface area contributed by atoms with Gasteiger partial charge in [0, 0.05) is 37.0 Å². The molecule has 5 nitrogen and oxygen atoms in total. The molecule has 0 bridgehead atoms. The van der Waals surface area contributed by atoms with Crippen LogP contribution >= 0.6 is 0 Å². The van der Waals surface area contributed by atoms with Crippen LogP contribution in [0.25, 0.3) is 0 Å². The van der Waals surface area contributed by atoms with Gasteiger partial charge < -0.3 is 14.7 Å². The summed E-state index contributed by atoms with van der Waals surface area (Å²) in [6, 6.07) is 11.1. The molecule has 0 unspecified atom stereocenters. The van der Waals surface area contributed by atoms with Crippen molar-refractivity contribution in [1.82, 2.24) is 0 Å². The van der Waals surface area contributed by atoms with Crippen LogP contribution in [0.5, 0.6) is 11.5 Å². The number of rotatable bonds is 5. The Hall–Kier alpha value is -3.08. The summed E-state index contributed by atoms with van der Waals surface area (Å²) in [6.45, 7) is 5.01. The van der Waals surface area contributed by atoms with Gasteiger partial charge >= 0.3 is 5.97 Å². The van der Waals surface area contributed by atoms with E-state index in [1.807, 2.05) is 31.1 Å². The summed E-state index contributed by atoms with van der Waals surface area (Å²) in [6.07, 6.45) is 0. The zero-order valence-electron chi connectivity index (χ0n) is 13.9. The van der Waals surface area contributed by atoms with Crippen LogP contribution in [0.3, 0.4) is 0 Å². The Kier molecular flexibility index (Phi) is 5.04. The number of ether oxygens (including phenoxy) is 1. The van der Waals surface area contributed by atoms with Gasteiger partial charge in [0.05, 0.1) is 5.56 Å². The molecule has 0 aliphatic carbocycles. The van der Waals surface area contributed by atoms with E-state index in [1.54, 1.807) is 12.1 Å². The van der Waals surface area contributed by atoms with E-state index in [1.165, 1.54) is 25.1 Å². The normalized spacial score (nSPS) is 10.1. The molecule has 124 valence electrons. The first kappa shape index (κ1) is 17.3. The molecule has 0 spiro atoms. The van der Waals surface area contributed by atoms with Gasteiger partial charge in [-0.15, -0.1) is 0 Å². The Morgan fingerprint density at radius 2 is 1.71 bits per heavy atom. The molecule has 0 saturated heterocycles. The van der Waals surface area contributed by atoms with Gasteiger partial charge in [-0.25, -0.2) is 4.79 Å². The number of anilines is 1. The third-order valence-corrected chi connectivity index (χ3v) is 3.41. The molecular weight excluding hydrogens is 306 g/mol. The third kappa shape index (κ3) is 3.81. The second kappa shape index (κ2) is 7.00. The summed E-state index contributed by atoms with van der Waals surface area (Å²) in [7, 11) is 3.82. The highest BCUT2D eigenvalue weighted by molar-refractivity contribution is 6.11. The van der Waals surface area contributed by atoms with Crippen molar-refractivity contribution in [2.24, 2.45) is 0 Å². The number of hydrogen-bond acceptors (Lipinski definition) is 5. The Bertz CT molecular complexity index is 792. The highest BCUT2D eigenvalue weighted by Crippen LogP contribution is 2.27. The number of phenols is 1. The van der Waals surface area contributed by atoms with Crippen LogP contribution in [-0.4, -0.2) is 31.0 Å². The highest BCUT2D eigenvalue weighted by Gasteiger charge is 2.18. The molecule has 0 aliphatic heterocycles. The fourth-order valence-electron chi connectivity index (χ4n) is 2.04. The SMILES string of the molecule is C=C(C)C(=O)Oc1cc(O)ccc1C(=O)c1ccc(N(C)C)cc1. The predicted molar refractivity (Wildman–Crippen MR) is 92.8 cm³/mol. The van der Waals surface area contributed by atoms with Gasteiger partial charge in [0.25, 0.3) is 0 Å². The van der Waals surface area contributed by atoms with Crippen molar-refractivity contribution in [2.75, 3.05) is 19.0 Å². The molecule has 0 radical (unpaired) electrons. The molecule has 2 aromatic carbocycles. The number of esters is 1. The first-order valence-electron chi connectivity index (χ1n) is 7.32. The summed E-state index contributed by atoms with van der Waals surface area (Å²) in [5, 5.41) is 9.61. The topological polar surface area (TPSA) is 66.8 Å². The molecule has 0 fully saturated rings. The molecular formula is C19H19NO4. The minimum absolute atomic E-state index is 0.00434. The van der Waals surface area contributed by atoms with Crippen LogP contribution in [0.2, 0.25) is 0 Å². The van der Waals surface area contributed by atoms with Crippen LogP contribution < -0.4 is 9.64 Å². The summed E-state index contributed by atoms with van der Waals surface area (Å²) in [5.41, 5.74) is 1.82. The minimum Gasteiger partial charge on any atom is -0.508 e. The van der Waals surface area contributed by atoms with Gasteiger partial charge in [0.1, 0.15) is 11.5 Å². The molecule has 1 N–H and O–H groups in total. The standard InChI is InChI=1S/C19H19NO4/c1-12(2)19(23)24-17-11-15(21)9-10-16(17)18(22)13-5-7-14(8-6-13)20(3)4/h5-11,21H,1H2,2-4H3. The molecule has 0 atom stereocenters. The van der Waals surface area contributed by atoms with Crippen LogP contribution in [-0.2, 0) is 4.79 Å². The first-order valence-corrected chi connectivity index (χ1v) is 7.32. The molecule has 2 rings (SSSR count). The average molecular weight is 325 g/mol. The quantitative estimate of drug-likeness (QED) is 0.396. The Labute approximate surface area is 140 Å².